The van der Waals surface area contributed by atoms with Crippen LogP contribution < -0.4 is 14.8 Å². The van der Waals surface area contributed by atoms with Gasteiger partial charge < -0.3 is 14.8 Å². The molecule has 2 aromatic carbocycles. The topological polar surface area (TPSA) is 47.6 Å². The maximum absolute atomic E-state index is 12.6. The molecule has 0 aromatic heterocycles. The predicted octanol–water partition coefficient (Wildman–Crippen LogP) is 4.44. The number of nitrogens with one attached hydrogen (secondary N) is 1. The fraction of sp³-hybridized carbons (Fsp3) is 0.409. The first kappa shape index (κ1) is 18.3. The van der Waals surface area contributed by atoms with E-state index >= 15 is 0 Å². The molecule has 1 aliphatic rings. The van der Waals surface area contributed by atoms with Crippen LogP contribution >= 0.6 is 0 Å². The number of rotatable bonds is 6. The summed E-state index contributed by atoms with van der Waals surface area (Å²) < 4.78 is 11.5. The van der Waals surface area contributed by atoms with Crippen molar-refractivity contribution in [2.45, 2.75) is 51.2 Å². The second-order valence-electron chi connectivity index (χ2n) is 6.88. The fourth-order valence-electron chi connectivity index (χ4n) is 3.60. The van der Waals surface area contributed by atoms with Crippen molar-refractivity contribution in [2.75, 3.05) is 7.11 Å². The number of carbonyl (C=O) groups excluding carboxylic acids is 1. The molecule has 0 saturated heterocycles. The zero-order chi connectivity index (χ0) is 18.6. The number of benzene rings is 2. The van der Waals surface area contributed by atoms with Gasteiger partial charge in [0.2, 0.25) is 5.91 Å². The van der Waals surface area contributed by atoms with Crippen molar-refractivity contribution in [1.29, 1.82) is 0 Å². The monoisotopic (exact) mass is 353 g/mol. The molecule has 0 bridgehead atoms. The van der Waals surface area contributed by atoms with Crippen molar-refractivity contribution in [3.05, 3.63) is 59.7 Å². The fourth-order valence-corrected chi connectivity index (χ4v) is 3.60. The molecular formula is C22H27NO3. The van der Waals surface area contributed by atoms with Crippen molar-refractivity contribution in [2.24, 2.45) is 0 Å². The second-order valence-corrected chi connectivity index (χ2v) is 6.88. The van der Waals surface area contributed by atoms with Crippen LogP contribution in [0.5, 0.6) is 11.5 Å². The van der Waals surface area contributed by atoms with Crippen LogP contribution in [0.15, 0.2) is 48.5 Å². The summed E-state index contributed by atoms with van der Waals surface area (Å²) in [5.41, 5.74) is 1.82. The first-order chi connectivity index (χ1) is 12.6. The van der Waals surface area contributed by atoms with Crippen LogP contribution in [-0.2, 0) is 11.2 Å². The molecule has 3 rings (SSSR count). The number of para-hydroxylation sites is 1. The molecule has 1 atom stereocenters. The zero-order valence-electron chi connectivity index (χ0n) is 15.7. The van der Waals surface area contributed by atoms with Crippen molar-refractivity contribution in [1.82, 2.24) is 5.32 Å². The molecule has 1 N–H and O–H groups in total. The van der Waals surface area contributed by atoms with Gasteiger partial charge in [-0.3, -0.25) is 4.79 Å². The minimum atomic E-state index is -0.216. The number of hydrogen-bond donors (Lipinski definition) is 1. The summed E-state index contributed by atoms with van der Waals surface area (Å²) in [6.45, 7) is 4.29. The quantitative estimate of drug-likeness (QED) is 0.835. The Hall–Kier alpha value is -2.49. The molecule has 4 heteroatoms. The van der Waals surface area contributed by atoms with Crippen LogP contribution in [0, 0.1) is 0 Å². The minimum absolute atomic E-state index is 0.0226. The number of fused-ring (bicyclic) bond motifs is 1. The Balaban J connectivity index is 1.75. The number of amides is 1. The van der Waals surface area contributed by atoms with E-state index in [-0.39, 0.29) is 17.6 Å². The molecule has 0 unspecified atom stereocenters. The third kappa shape index (κ3) is 3.85. The lowest BCUT2D eigenvalue weighted by Crippen LogP contribution is -2.44. The highest BCUT2D eigenvalue weighted by Crippen LogP contribution is 2.42. The van der Waals surface area contributed by atoms with E-state index in [1.54, 1.807) is 7.11 Å². The van der Waals surface area contributed by atoms with Gasteiger partial charge in [0.05, 0.1) is 19.6 Å². The molecule has 0 radical (unpaired) electrons. The smallest absolute Gasteiger partial charge is 0.224 e. The summed E-state index contributed by atoms with van der Waals surface area (Å²) in [4.78, 5) is 12.6. The Kier molecular flexibility index (Phi) is 5.50. The minimum Gasteiger partial charge on any atom is -0.497 e. The molecule has 0 saturated carbocycles. The third-order valence-electron chi connectivity index (χ3n) is 5.34. The van der Waals surface area contributed by atoms with E-state index < -0.39 is 0 Å². The molecule has 0 aliphatic carbocycles. The number of ether oxygens (including phenoxy) is 2. The predicted molar refractivity (Wildman–Crippen MR) is 103 cm³/mol. The van der Waals surface area contributed by atoms with Gasteiger partial charge in [0.1, 0.15) is 17.1 Å². The summed E-state index contributed by atoms with van der Waals surface area (Å²) in [5, 5.41) is 3.23. The Morgan fingerprint density at radius 2 is 1.85 bits per heavy atom. The Morgan fingerprint density at radius 3 is 2.50 bits per heavy atom. The zero-order valence-corrected chi connectivity index (χ0v) is 15.7. The standard InChI is InChI=1S/C22H27NO3/c1-4-22(5-2)15-19(18-8-6-7-9-20(18)26-22)23-21(24)14-16-10-12-17(25-3)13-11-16/h6-13,19H,4-5,14-15H2,1-3H3,(H,23,24)/t19-/m0/s1. The Morgan fingerprint density at radius 1 is 1.15 bits per heavy atom. The van der Waals surface area contributed by atoms with E-state index in [1.807, 2.05) is 48.5 Å². The average molecular weight is 353 g/mol. The highest BCUT2D eigenvalue weighted by atomic mass is 16.5. The van der Waals surface area contributed by atoms with Gasteiger partial charge in [0.15, 0.2) is 0 Å². The molecule has 1 amide bonds. The molecule has 138 valence electrons. The van der Waals surface area contributed by atoms with E-state index in [4.69, 9.17) is 9.47 Å². The molecule has 0 spiro atoms. The molecule has 26 heavy (non-hydrogen) atoms. The summed E-state index contributed by atoms with van der Waals surface area (Å²) >= 11 is 0. The Bertz CT molecular complexity index is 750. The molecule has 0 fully saturated rings. The number of hydrogen-bond acceptors (Lipinski definition) is 3. The van der Waals surface area contributed by atoms with E-state index in [1.165, 1.54) is 0 Å². The first-order valence-corrected chi connectivity index (χ1v) is 9.29. The summed E-state index contributed by atoms with van der Waals surface area (Å²) in [5.74, 6) is 1.71. The molecular weight excluding hydrogens is 326 g/mol. The van der Waals surface area contributed by atoms with E-state index in [9.17, 15) is 4.79 Å². The first-order valence-electron chi connectivity index (χ1n) is 9.29. The Labute approximate surface area is 155 Å². The van der Waals surface area contributed by atoms with Crippen molar-refractivity contribution in [3.8, 4) is 11.5 Å². The van der Waals surface area contributed by atoms with Crippen LogP contribution in [0.3, 0.4) is 0 Å². The summed E-state index contributed by atoms with van der Waals surface area (Å²) in [6.07, 6.45) is 2.99. The van der Waals surface area contributed by atoms with Gasteiger partial charge in [-0.25, -0.2) is 0 Å². The van der Waals surface area contributed by atoms with Crippen LogP contribution in [-0.4, -0.2) is 18.6 Å². The number of methoxy groups -OCH3 is 1. The largest absolute Gasteiger partial charge is 0.497 e. The van der Waals surface area contributed by atoms with Gasteiger partial charge in [-0.15, -0.1) is 0 Å². The number of carbonyl (C=O) groups is 1. The lowest BCUT2D eigenvalue weighted by molar-refractivity contribution is -0.121. The summed E-state index contributed by atoms with van der Waals surface area (Å²) in [6, 6.07) is 15.6. The van der Waals surface area contributed by atoms with Gasteiger partial charge >= 0.3 is 0 Å². The van der Waals surface area contributed by atoms with E-state index in [0.29, 0.717) is 6.42 Å². The van der Waals surface area contributed by atoms with Crippen molar-refractivity contribution >= 4 is 5.91 Å². The average Bonchev–Trinajstić information content (AvgIpc) is 2.68. The van der Waals surface area contributed by atoms with Gasteiger partial charge in [0.25, 0.3) is 0 Å². The molecule has 4 nitrogen and oxygen atoms in total. The lowest BCUT2D eigenvalue weighted by Gasteiger charge is -2.41. The molecule has 2 aromatic rings. The lowest BCUT2D eigenvalue weighted by atomic mass is 9.83. The highest BCUT2D eigenvalue weighted by molar-refractivity contribution is 5.79. The van der Waals surface area contributed by atoms with Gasteiger partial charge in [0, 0.05) is 12.0 Å². The third-order valence-corrected chi connectivity index (χ3v) is 5.34. The van der Waals surface area contributed by atoms with Crippen LogP contribution in [0.25, 0.3) is 0 Å². The normalized spacial score (nSPS) is 17.7. The van der Waals surface area contributed by atoms with Crippen molar-refractivity contribution in [3.63, 3.8) is 0 Å². The van der Waals surface area contributed by atoms with Gasteiger partial charge in [-0.1, -0.05) is 44.2 Å². The van der Waals surface area contributed by atoms with Crippen LogP contribution in [0.4, 0.5) is 0 Å². The molecule has 1 aliphatic heterocycles. The molecule has 1 heterocycles. The van der Waals surface area contributed by atoms with Crippen molar-refractivity contribution < 1.29 is 14.3 Å². The van der Waals surface area contributed by atoms with Crippen LogP contribution in [0.2, 0.25) is 0 Å². The SMILES string of the molecule is CCC1(CC)C[C@H](NC(=O)Cc2ccc(OC)cc2)c2ccccc2O1. The van der Waals surface area contributed by atoms with Gasteiger partial charge in [-0.05, 0) is 36.6 Å². The van der Waals surface area contributed by atoms with E-state index in [0.717, 1.165) is 41.9 Å². The maximum atomic E-state index is 12.6. The highest BCUT2D eigenvalue weighted by Gasteiger charge is 2.38. The second kappa shape index (κ2) is 7.81. The maximum Gasteiger partial charge on any atom is 0.224 e. The van der Waals surface area contributed by atoms with Gasteiger partial charge in [-0.2, -0.15) is 0 Å². The summed E-state index contributed by atoms with van der Waals surface area (Å²) in [7, 11) is 1.64. The van der Waals surface area contributed by atoms with Crippen LogP contribution in [0.1, 0.15) is 50.3 Å². The van der Waals surface area contributed by atoms with E-state index in [2.05, 4.69) is 19.2 Å².